The molecule has 11 nitrogen and oxygen atoms in total. The summed E-state index contributed by atoms with van der Waals surface area (Å²) in [6.07, 6.45) is 2.16. The number of amides is 2. The van der Waals surface area contributed by atoms with Gasteiger partial charge >= 0.3 is 0 Å². The van der Waals surface area contributed by atoms with Gasteiger partial charge in [0.25, 0.3) is 5.91 Å². The monoisotopic (exact) mass is 583 g/mol. The minimum atomic E-state index is -3.59. The molecule has 0 bridgehead atoms. The van der Waals surface area contributed by atoms with Gasteiger partial charge in [0.15, 0.2) is 6.61 Å². The third kappa shape index (κ3) is 7.18. The van der Waals surface area contributed by atoms with Gasteiger partial charge in [0, 0.05) is 43.8 Å². The highest BCUT2D eigenvalue weighted by molar-refractivity contribution is 7.89. The van der Waals surface area contributed by atoms with E-state index in [0.29, 0.717) is 37.9 Å². The van der Waals surface area contributed by atoms with Crippen LogP contribution in [-0.2, 0) is 24.3 Å². The summed E-state index contributed by atoms with van der Waals surface area (Å²) in [7, 11) is -0.218. The van der Waals surface area contributed by atoms with Crippen molar-refractivity contribution in [3.05, 3.63) is 66.3 Å². The van der Waals surface area contributed by atoms with E-state index >= 15 is 0 Å². The third-order valence-corrected chi connectivity index (χ3v) is 8.52. The zero-order valence-corrected chi connectivity index (χ0v) is 23.7. The molecule has 0 unspecified atom stereocenters. The maximum Gasteiger partial charge on any atom is 0.262 e. The second-order valence-corrected chi connectivity index (χ2v) is 11.6. The highest BCUT2D eigenvalue weighted by atomic mass is 32.2. The highest BCUT2D eigenvalue weighted by Crippen LogP contribution is 2.37. The van der Waals surface area contributed by atoms with Gasteiger partial charge in [-0.2, -0.15) is 4.31 Å². The van der Waals surface area contributed by atoms with Crippen molar-refractivity contribution in [3.63, 3.8) is 0 Å². The van der Waals surface area contributed by atoms with Gasteiger partial charge in [0.2, 0.25) is 22.3 Å². The van der Waals surface area contributed by atoms with Gasteiger partial charge in [0.05, 0.1) is 23.5 Å². The number of ether oxygens (including phenoxy) is 2. The maximum absolute atomic E-state index is 12.7. The van der Waals surface area contributed by atoms with E-state index in [1.54, 1.807) is 26.2 Å². The Morgan fingerprint density at radius 1 is 1.10 bits per heavy atom. The molecule has 0 spiro atoms. The minimum Gasteiger partial charge on any atom is -0.467 e. The molecule has 210 valence electrons. The van der Waals surface area contributed by atoms with E-state index in [-0.39, 0.29) is 11.5 Å². The summed E-state index contributed by atoms with van der Waals surface area (Å²) in [5, 5.41) is 5.48. The molecule has 0 saturated carbocycles. The first-order chi connectivity index (χ1) is 19.3. The van der Waals surface area contributed by atoms with Crippen molar-refractivity contribution < 1.29 is 27.5 Å². The Balaban J connectivity index is 0.000000681. The number of anilines is 1. The smallest absolute Gasteiger partial charge is 0.262 e. The van der Waals surface area contributed by atoms with E-state index in [1.165, 1.54) is 39.0 Å². The SMILES string of the molecule is CN(C)C=O.O=C(COc1ncnc2scc(-c3ccccc3)c12)Nc1ccc(S(=O)(=O)N2CCOCC2)cc1. The van der Waals surface area contributed by atoms with E-state index in [1.807, 2.05) is 35.7 Å². The molecule has 5 rings (SSSR count). The van der Waals surface area contributed by atoms with Crippen LogP contribution in [-0.4, -0.2) is 86.9 Å². The molecule has 0 radical (unpaired) electrons. The molecule has 0 aliphatic carbocycles. The molecule has 0 atom stereocenters. The predicted molar refractivity (Wildman–Crippen MR) is 153 cm³/mol. The normalized spacial score (nSPS) is 13.7. The largest absolute Gasteiger partial charge is 0.467 e. The van der Waals surface area contributed by atoms with Crippen molar-refractivity contribution in [2.45, 2.75) is 4.90 Å². The van der Waals surface area contributed by atoms with Crippen molar-refractivity contribution in [2.24, 2.45) is 0 Å². The van der Waals surface area contributed by atoms with E-state index in [9.17, 15) is 18.0 Å². The Morgan fingerprint density at radius 2 is 1.77 bits per heavy atom. The van der Waals surface area contributed by atoms with Gasteiger partial charge in [-0.05, 0) is 29.8 Å². The topological polar surface area (TPSA) is 131 Å². The Bertz CT molecular complexity index is 1540. The number of nitrogens with zero attached hydrogens (tertiary/aromatic N) is 4. The number of carbonyl (C=O) groups is 2. The molecule has 40 heavy (non-hydrogen) atoms. The van der Waals surface area contributed by atoms with Gasteiger partial charge in [-0.3, -0.25) is 9.59 Å². The Labute approximate surface area is 236 Å². The summed E-state index contributed by atoms with van der Waals surface area (Å²) in [5.74, 6) is -0.0609. The van der Waals surface area contributed by atoms with E-state index < -0.39 is 15.9 Å². The van der Waals surface area contributed by atoms with Crippen molar-refractivity contribution in [2.75, 3.05) is 52.3 Å². The van der Waals surface area contributed by atoms with Crippen LogP contribution in [0.2, 0.25) is 0 Å². The molecular formula is C27H29N5O6S2. The highest BCUT2D eigenvalue weighted by Gasteiger charge is 2.26. The molecule has 2 aromatic heterocycles. The molecule has 1 aliphatic rings. The number of morpholine rings is 1. The second kappa shape index (κ2) is 13.4. The Hall–Kier alpha value is -3.91. The van der Waals surface area contributed by atoms with E-state index in [2.05, 4.69) is 15.3 Å². The molecule has 1 N–H and O–H groups in total. The zero-order chi connectivity index (χ0) is 28.5. The fraction of sp³-hybridized carbons (Fsp3) is 0.259. The van der Waals surface area contributed by atoms with Crippen LogP contribution in [0.3, 0.4) is 0 Å². The van der Waals surface area contributed by atoms with Gasteiger partial charge in [-0.1, -0.05) is 30.3 Å². The van der Waals surface area contributed by atoms with Gasteiger partial charge < -0.3 is 19.7 Å². The molecule has 2 amide bonds. The maximum atomic E-state index is 12.7. The first-order valence-electron chi connectivity index (χ1n) is 12.3. The van der Waals surface area contributed by atoms with Gasteiger partial charge in [-0.15, -0.1) is 11.3 Å². The lowest BCUT2D eigenvalue weighted by Gasteiger charge is -2.26. The first kappa shape index (κ1) is 29.1. The predicted octanol–water partition coefficient (Wildman–Crippen LogP) is 3.10. The number of sulfonamides is 1. The summed E-state index contributed by atoms with van der Waals surface area (Å²) in [4.78, 5) is 32.9. The summed E-state index contributed by atoms with van der Waals surface area (Å²) >= 11 is 1.48. The number of carbonyl (C=O) groups excluding carboxylic acids is 2. The van der Waals surface area contributed by atoms with Crippen LogP contribution in [0.25, 0.3) is 21.3 Å². The standard InChI is InChI=1S/C24H22N4O5S2.C3H7NO/c29-21(27-18-6-8-19(9-7-18)35(30,31)28-10-12-32-13-11-28)14-33-23-22-20(17-4-2-1-3-5-17)15-34-24(22)26-16-25-23;1-4(2)3-5/h1-9,15-16H,10-14H2,(H,27,29);3H,1-2H3. The summed E-state index contributed by atoms with van der Waals surface area (Å²) in [5.41, 5.74) is 2.42. The molecule has 1 saturated heterocycles. The van der Waals surface area contributed by atoms with E-state index in [4.69, 9.17) is 9.47 Å². The zero-order valence-electron chi connectivity index (χ0n) is 22.0. The molecule has 1 aliphatic heterocycles. The number of hydrogen-bond acceptors (Lipinski definition) is 9. The minimum absolute atomic E-state index is 0.169. The van der Waals surface area contributed by atoms with Crippen LogP contribution in [0, 0.1) is 0 Å². The third-order valence-electron chi connectivity index (χ3n) is 5.72. The molecule has 3 heterocycles. The fourth-order valence-electron chi connectivity index (χ4n) is 3.76. The van der Waals surface area contributed by atoms with Crippen LogP contribution in [0.4, 0.5) is 5.69 Å². The van der Waals surface area contributed by atoms with E-state index in [0.717, 1.165) is 27.8 Å². The fourth-order valence-corrected chi connectivity index (χ4v) is 6.08. The number of rotatable bonds is 8. The number of benzene rings is 2. The first-order valence-corrected chi connectivity index (χ1v) is 14.6. The average Bonchev–Trinajstić information content (AvgIpc) is 3.42. The molecule has 13 heteroatoms. The number of thiophene rings is 1. The number of aromatic nitrogens is 2. The summed E-state index contributed by atoms with van der Waals surface area (Å²) in [6, 6.07) is 15.9. The molecule has 4 aromatic rings. The summed E-state index contributed by atoms with van der Waals surface area (Å²) in [6.45, 7) is 1.15. The lowest BCUT2D eigenvalue weighted by Crippen LogP contribution is -2.40. The Kier molecular flexibility index (Phi) is 9.77. The lowest BCUT2D eigenvalue weighted by atomic mass is 10.1. The molecule has 2 aromatic carbocycles. The number of nitrogens with one attached hydrogen (secondary N) is 1. The van der Waals surface area contributed by atoms with Crippen LogP contribution in [0.15, 0.2) is 71.2 Å². The van der Waals surface area contributed by atoms with Crippen molar-refractivity contribution in [1.82, 2.24) is 19.2 Å². The van der Waals surface area contributed by atoms with Crippen molar-refractivity contribution in [1.29, 1.82) is 0 Å². The van der Waals surface area contributed by atoms with Crippen molar-refractivity contribution in [3.8, 4) is 17.0 Å². The van der Waals surface area contributed by atoms with Crippen molar-refractivity contribution >= 4 is 49.6 Å². The van der Waals surface area contributed by atoms with Crippen LogP contribution < -0.4 is 10.1 Å². The second-order valence-electron chi connectivity index (χ2n) is 8.82. The average molecular weight is 584 g/mol. The van der Waals surface area contributed by atoms with Crippen LogP contribution in [0.5, 0.6) is 5.88 Å². The lowest BCUT2D eigenvalue weighted by molar-refractivity contribution is -0.118. The number of hydrogen-bond donors (Lipinski definition) is 1. The quantitative estimate of drug-likeness (QED) is 0.313. The molecule has 1 fully saturated rings. The summed E-state index contributed by atoms with van der Waals surface area (Å²) < 4.78 is 37.9. The van der Waals surface area contributed by atoms with Gasteiger partial charge in [0.1, 0.15) is 11.2 Å². The van der Waals surface area contributed by atoms with Crippen LogP contribution in [0.1, 0.15) is 0 Å². The molecular weight excluding hydrogens is 554 g/mol. The van der Waals surface area contributed by atoms with Gasteiger partial charge in [-0.25, -0.2) is 18.4 Å². The number of fused-ring (bicyclic) bond motifs is 1. The Morgan fingerprint density at radius 3 is 2.42 bits per heavy atom. The van der Waals surface area contributed by atoms with Crippen LogP contribution >= 0.6 is 11.3 Å².